The maximum atomic E-state index is 11.4. The van der Waals surface area contributed by atoms with E-state index in [1.807, 2.05) is 25.8 Å². The van der Waals surface area contributed by atoms with Crippen molar-refractivity contribution in [2.24, 2.45) is 5.41 Å². The lowest BCUT2D eigenvalue weighted by Crippen LogP contribution is -2.38. The van der Waals surface area contributed by atoms with Crippen LogP contribution in [0, 0.1) is 5.41 Å². The van der Waals surface area contributed by atoms with Crippen molar-refractivity contribution in [1.29, 1.82) is 0 Å². The predicted molar refractivity (Wildman–Crippen MR) is 59.6 cm³/mol. The molecular formula is C11H23NO3. The number of hydrogen-bond acceptors (Lipinski definition) is 4. The molecule has 1 atom stereocenters. The van der Waals surface area contributed by atoms with Gasteiger partial charge in [-0.25, -0.2) is 0 Å². The lowest BCUT2D eigenvalue weighted by molar-refractivity contribution is -0.151. The molecule has 0 aromatic heterocycles. The Kier molecular flexibility index (Phi) is 5.83. The second kappa shape index (κ2) is 6.08. The minimum absolute atomic E-state index is 0.202. The fourth-order valence-corrected chi connectivity index (χ4v) is 1.50. The molecule has 0 aromatic rings. The SMILES string of the molecule is COC(=O)C(C)(C)CN(C)CCC(C)O. The second-order valence-corrected chi connectivity index (χ2v) is 4.75. The monoisotopic (exact) mass is 217 g/mol. The molecule has 90 valence electrons. The van der Waals surface area contributed by atoms with E-state index in [4.69, 9.17) is 9.84 Å². The number of carbonyl (C=O) groups is 1. The predicted octanol–water partition coefficient (Wildman–Crippen LogP) is 0.888. The lowest BCUT2D eigenvalue weighted by atomic mass is 9.93. The van der Waals surface area contributed by atoms with Crippen LogP contribution in [0.2, 0.25) is 0 Å². The van der Waals surface area contributed by atoms with E-state index in [1.54, 1.807) is 6.92 Å². The Morgan fingerprint density at radius 1 is 1.53 bits per heavy atom. The zero-order chi connectivity index (χ0) is 12.1. The van der Waals surface area contributed by atoms with Crippen LogP contribution in [0.25, 0.3) is 0 Å². The molecule has 0 fully saturated rings. The summed E-state index contributed by atoms with van der Waals surface area (Å²) in [5.74, 6) is -0.202. The molecule has 1 unspecified atom stereocenters. The van der Waals surface area contributed by atoms with E-state index >= 15 is 0 Å². The van der Waals surface area contributed by atoms with Crippen molar-refractivity contribution in [3.8, 4) is 0 Å². The first-order chi connectivity index (χ1) is 6.79. The average molecular weight is 217 g/mol. The Morgan fingerprint density at radius 2 is 2.07 bits per heavy atom. The van der Waals surface area contributed by atoms with Crippen LogP contribution in [-0.2, 0) is 9.53 Å². The standard InChI is InChI=1S/C11H23NO3/c1-9(13)6-7-12(4)8-11(2,3)10(14)15-5/h9,13H,6-8H2,1-5H3. The molecule has 4 nitrogen and oxygen atoms in total. The molecule has 15 heavy (non-hydrogen) atoms. The normalized spacial score (nSPS) is 14.1. The topological polar surface area (TPSA) is 49.8 Å². The van der Waals surface area contributed by atoms with E-state index in [9.17, 15) is 4.79 Å². The van der Waals surface area contributed by atoms with Gasteiger partial charge in [0, 0.05) is 13.1 Å². The van der Waals surface area contributed by atoms with Gasteiger partial charge in [0.05, 0.1) is 18.6 Å². The van der Waals surface area contributed by atoms with Crippen LogP contribution in [0.1, 0.15) is 27.2 Å². The summed E-state index contributed by atoms with van der Waals surface area (Å²) in [5.41, 5.74) is -0.498. The van der Waals surface area contributed by atoms with Crippen molar-refractivity contribution in [3.63, 3.8) is 0 Å². The van der Waals surface area contributed by atoms with Crippen molar-refractivity contribution in [3.05, 3.63) is 0 Å². The Hall–Kier alpha value is -0.610. The molecule has 0 saturated carbocycles. The van der Waals surface area contributed by atoms with Crippen LogP contribution < -0.4 is 0 Å². The molecule has 0 bridgehead atoms. The van der Waals surface area contributed by atoms with Gasteiger partial charge < -0.3 is 14.7 Å². The number of hydrogen-bond donors (Lipinski definition) is 1. The van der Waals surface area contributed by atoms with E-state index < -0.39 is 5.41 Å². The molecule has 4 heteroatoms. The Bertz CT molecular complexity index is 202. The van der Waals surface area contributed by atoms with Crippen molar-refractivity contribution < 1.29 is 14.6 Å². The van der Waals surface area contributed by atoms with Gasteiger partial charge in [0.15, 0.2) is 0 Å². The summed E-state index contributed by atoms with van der Waals surface area (Å²) < 4.78 is 4.73. The smallest absolute Gasteiger partial charge is 0.312 e. The fraction of sp³-hybridized carbons (Fsp3) is 0.909. The molecular weight excluding hydrogens is 194 g/mol. The third-order valence-electron chi connectivity index (χ3n) is 2.33. The molecule has 0 amide bonds. The summed E-state index contributed by atoms with van der Waals surface area (Å²) in [6.45, 7) is 6.89. The lowest BCUT2D eigenvalue weighted by Gasteiger charge is -2.28. The average Bonchev–Trinajstić information content (AvgIpc) is 2.12. The second-order valence-electron chi connectivity index (χ2n) is 4.75. The summed E-state index contributed by atoms with van der Waals surface area (Å²) in [7, 11) is 3.34. The molecule has 0 aliphatic rings. The third kappa shape index (κ3) is 5.74. The van der Waals surface area contributed by atoms with E-state index in [0.29, 0.717) is 13.0 Å². The number of aliphatic hydroxyl groups is 1. The van der Waals surface area contributed by atoms with E-state index in [-0.39, 0.29) is 12.1 Å². The molecule has 0 radical (unpaired) electrons. The highest BCUT2D eigenvalue weighted by Gasteiger charge is 2.29. The van der Waals surface area contributed by atoms with Gasteiger partial charge >= 0.3 is 5.97 Å². The Labute approximate surface area is 92.2 Å². The number of rotatable bonds is 6. The van der Waals surface area contributed by atoms with Crippen molar-refractivity contribution in [2.75, 3.05) is 27.2 Å². The number of nitrogens with zero attached hydrogens (tertiary/aromatic N) is 1. The first kappa shape index (κ1) is 14.4. The van der Waals surface area contributed by atoms with Gasteiger partial charge in [-0.15, -0.1) is 0 Å². The number of carbonyl (C=O) groups excluding carboxylic acids is 1. The van der Waals surface area contributed by atoms with Gasteiger partial charge in [-0.3, -0.25) is 4.79 Å². The summed E-state index contributed by atoms with van der Waals surface area (Å²) in [6, 6.07) is 0. The zero-order valence-corrected chi connectivity index (χ0v) is 10.4. The van der Waals surface area contributed by atoms with Gasteiger partial charge in [-0.05, 0) is 34.2 Å². The molecule has 0 rings (SSSR count). The summed E-state index contributed by atoms with van der Waals surface area (Å²) >= 11 is 0. The van der Waals surface area contributed by atoms with Crippen LogP contribution in [0.15, 0.2) is 0 Å². The highest BCUT2D eigenvalue weighted by Crippen LogP contribution is 2.18. The molecule has 0 aromatic carbocycles. The first-order valence-corrected chi connectivity index (χ1v) is 5.24. The zero-order valence-electron chi connectivity index (χ0n) is 10.4. The van der Waals surface area contributed by atoms with Crippen molar-refractivity contribution in [2.45, 2.75) is 33.3 Å². The molecule has 0 aliphatic carbocycles. The van der Waals surface area contributed by atoms with Crippen LogP contribution in [-0.4, -0.2) is 49.3 Å². The summed E-state index contributed by atoms with van der Waals surface area (Å²) in [6.07, 6.45) is 0.419. The number of aliphatic hydroxyl groups excluding tert-OH is 1. The molecule has 0 saturated heterocycles. The van der Waals surface area contributed by atoms with E-state index in [1.165, 1.54) is 7.11 Å². The van der Waals surface area contributed by atoms with Gasteiger partial charge in [-0.2, -0.15) is 0 Å². The number of esters is 1. The first-order valence-electron chi connectivity index (χ1n) is 5.24. The van der Waals surface area contributed by atoms with Crippen molar-refractivity contribution in [1.82, 2.24) is 4.90 Å². The van der Waals surface area contributed by atoms with Crippen LogP contribution in [0.5, 0.6) is 0 Å². The fourth-order valence-electron chi connectivity index (χ4n) is 1.50. The maximum absolute atomic E-state index is 11.4. The molecule has 1 N–H and O–H groups in total. The van der Waals surface area contributed by atoms with Crippen LogP contribution in [0.4, 0.5) is 0 Å². The van der Waals surface area contributed by atoms with Crippen LogP contribution in [0.3, 0.4) is 0 Å². The van der Waals surface area contributed by atoms with Gasteiger partial charge in [0.2, 0.25) is 0 Å². The van der Waals surface area contributed by atoms with Gasteiger partial charge in [-0.1, -0.05) is 0 Å². The highest BCUT2D eigenvalue weighted by molar-refractivity contribution is 5.76. The van der Waals surface area contributed by atoms with Crippen molar-refractivity contribution >= 4 is 5.97 Å². The number of ether oxygens (including phenoxy) is 1. The highest BCUT2D eigenvalue weighted by atomic mass is 16.5. The van der Waals surface area contributed by atoms with Gasteiger partial charge in [0.25, 0.3) is 0 Å². The Balaban J connectivity index is 4.04. The molecule has 0 spiro atoms. The minimum atomic E-state index is -0.498. The van der Waals surface area contributed by atoms with E-state index in [2.05, 4.69) is 0 Å². The van der Waals surface area contributed by atoms with Crippen LogP contribution >= 0.6 is 0 Å². The molecule has 0 heterocycles. The molecule has 0 aliphatic heterocycles. The maximum Gasteiger partial charge on any atom is 0.312 e. The quantitative estimate of drug-likeness (QED) is 0.671. The Morgan fingerprint density at radius 3 is 2.47 bits per heavy atom. The van der Waals surface area contributed by atoms with E-state index in [0.717, 1.165) is 6.54 Å². The third-order valence-corrected chi connectivity index (χ3v) is 2.33. The number of methoxy groups -OCH3 is 1. The summed E-state index contributed by atoms with van der Waals surface area (Å²) in [4.78, 5) is 13.4. The largest absolute Gasteiger partial charge is 0.469 e. The summed E-state index contributed by atoms with van der Waals surface area (Å²) in [5, 5.41) is 9.14. The van der Waals surface area contributed by atoms with Gasteiger partial charge in [0.1, 0.15) is 0 Å². The minimum Gasteiger partial charge on any atom is -0.469 e.